The zero-order valence-corrected chi connectivity index (χ0v) is 24.1. The number of unbranched alkanes of at least 4 members (excludes halogenated alkanes) is 1. The molecule has 4 nitrogen and oxygen atoms in total. The van der Waals surface area contributed by atoms with Gasteiger partial charge in [-0.05, 0) is 65.2 Å². The van der Waals surface area contributed by atoms with Gasteiger partial charge >= 0.3 is 0 Å². The number of hydrogen-bond acceptors (Lipinski definition) is 2. The van der Waals surface area contributed by atoms with Gasteiger partial charge in [0, 0.05) is 35.9 Å². The molecule has 0 bridgehead atoms. The standard InChI is InChI=1S/C34H41N3O/c1-8-11-20-35-31-23(21-29-33(4,5)25-16-12-14-18-27(25)36(29)9-2)32(38)24(31)22-30-34(6,7)26-17-13-15-19-28(26)37(30)10-3/h12-19,21-22H,8-11,20H2,1-7H3/p+1. The molecule has 0 saturated heterocycles. The molecule has 0 amide bonds. The van der Waals surface area contributed by atoms with Gasteiger partial charge in [-0.1, -0.05) is 55.5 Å². The van der Waals surface area contributed by atoms with Gasteiger partial charge in [0.25, 0.3) is 0 Å². The molecule has 0 spiro atoms. The zero-order chi connectivity index (χ0) is 27.2. The van der Waals surface area contributed by atoms with Gasteiger partial charge in [0.15, 0.2) is 5.71 Å². The molecule has 1 N–H and O–H groups in total. The summed E-state index contributed by atoms with van der Waals surface area (Å²) in [6, 6.07) is 17.3. The van der Waals surface area contributed by atoms with E-state index in [1.54, 1.807) is 0 Å². The minimum Gasteiger partial charge on any atom is -0.872 e. The van der Waals surface area contributed by atoms with Crippen LogP contribution in [0.15, 0.2) is 88.3 Å². The number of nitrogens with zero attached hydrogens (tertiary/aromatic N) is 2. The Hall–Kier alpha value is -3.24. The van der Waals surface area contributed by atoms with E-state index in [2.05, 4.69) is 114 Å². The first-order valence-electron chi connectivity index (χ1n) is 14.3. The molecule has 3 aliphatic rings. The van der Waals surface area contributed by atoms with E-state index >= 15 is 0 Å². The fourth-order valence-corrected chi connectivity index (χ4v) is 6.56. The van der Waals surface area contributed by atoms with Crippen LogP contribution in [0.4, 0.5) is 11.4 Å². The number of benzene rings is 2. The molecular formula is C34H42N3O+. The van der Waals surface area contributed by atoms with E-state index in [1.165, 1.54) is 38.8 Å². The summed E-state index contributed by atoms with van der Waals surface area (Å²) in [6.45, 7) is 18.2. The summed E-state index contributed by atoms with van der Waals surface area (Å²) < 4.78 is 2.36. The normalized spacial score (nSPS) is 24.4. The van der Waals surface area contributed by atoms with E-state index in [0.29, 0.717) is 0 Å². The predicted molar refractivity (Wildman–Crippen MR) is 156 cm³/mol. The Morgan fingerprint density at radius 2 is 1.58 bits per heavy atom. The Kier molecular flexibility index (Phi) is 6.81. The lowest BCUT2D eigenvalue weighted by molar-refractivity contribution is -0.786. The van der Waals surface area contributed by atoms with Crippen molar-refractivity contribution in [2.24, 2.45) is 4.99 Å². The first-order chi connectivity index (χ1) is 18.2. The summed E-state index contributed by atoms with van der Waals surface area (Å²) in [5.74, 6) is 0.116. The van der Waals surface area contributed by atoms with Gasteiger partial charge in [-0.3, -0.25) is 9.89 Å². The first-order valence-corrected chi connectivity index (χ1v) is 14.3. The van der Waals surface area contributed by atoms with E-state index in [4.69, 9.17) is 4.99 Å². The van der Waals surface area contributed by atoms with Crippen LogP contribution in [-0.2, 0) is 10.8 Å². The monoisotopic (exact) mass is 508 g/mol. The largest absolute Gasteiger partial charge is 0.872 e. The van der Waals surface area contributed by atoms with Crippen molar-refractivity contribution in [3.05, 3.63) is 94.4 Å². The minimum atomic E-state index is -0.180. The molecule has 0 aromatic heterocycles. The SMILES string of the molecule is CCCCN=C1C(=CC2=[N+](CC)c3ccccc3C2(C)C)C([O-])=C1C=C1[NH+](CC)c2ccccc2C1(C)C. The van der Waals surface area contributed by atoms with Gasteiger partial charge < -0.3 is 5.11 Å². The second-order valence-electron chi connectivity index (χ2n) is 11.7. The molecule has 1 aliphatic carbocycles. The number of quaternary nitrogens is 1. The highest BCUT2D eigenvalue weighted by molar-refractivity contribution is 6.26. The summed E-state index contributed by atoms with van der Waals surface area (Å²) in [5, 5.41) is 13.9. The van der Waals surface area contributed by atoms with Crippen LogP contribution in [0.1, 0.15) is 72.4 Å². The zero-order valence-electron chi connectivity index (χ0n) is 24.1. The molecule has 4 heteroatoms. The maximum absolute atomic E-state index is 13.9. The molecule has 0 radical (unpaired) electrons. The Bertz CT molecular complexity index is 1430. The third-order valence-corrected chi connectivity index (χ3v) is 8.74. The molecule has 5 rings (SSSR count). The number of fused-ring (bicyclic) bond motifs is 2. The second kappa shape index (κ2) is 9.81. The molecule has 2 aliphatic heterocycles. The molecule has 0 fully saturated rings. The van der Waals surface area contributed by atoms with Crippen LogP contribution < -0.4 is 10.0 Å². The summed E-state index contributed by atoms with van der Waals surface area (Å²) in [4.78, 5) is 6.36. The lowest BCUT2D eigenvalue weighted by atomic mass is 9.77. The Morgan fingerprint density at radius 3 is 2.26 bits per heavy atom. The number of aliphatic imine (C=N–C) groups is 1. The summed E-state index contributed by atoms with van der Waals surface area (Å²) >= 11 is 0. The number of para-hydroxylation sites is 2. The fourth-order valence-electron chi connectivity index (χ4n) is 6.56. The first kappa shape index (κ1) is 26.4. The van der Waals surface area contributed by atoms with Crippen molar-refractivity contribution in [1.29, 1.82) is 0 Å². The van der Waals surface area contributed by atoms with Crippen LogP contribution in [0.2, 0.25) is 0 Å². The van der Waals surface area contributed by atoms with E-state index in [0.717, 1.165) is 49.3 Å². The van der Waals surface area contributed by atoms with Crippen molar-refractivity contribution in [3.63, 3.8) is 0 Å². The van der Waals surface area contributed by atoms with Crippen molar-refractivity contribution >= 4 is 22.8 Å². The molecule has 1 atom stereocenters. The lowest BCUT2D eigenvalue weighted by Crippen LogP contribution is -3.04. The minimum absolute atomic E-state index is 0.116. The van der Waals surface area contributed by atoms with E-state index in [1.807, 2.05) is 0 Å². The van der Waals surface area contributed by atoms with Gasteiger partial charge in [-0.15, -0.1) is 0 Å². The summed E-state index contributed by atoms with van der Waals surface area (Å²) in [6.07, 6.45) is 6.41. The Morgan fingerprint density at radius 1 is 0.895 bits per heavy atom. The summed E-state index contributed by atoms with van der Waals surface area (Å²) in [7, 11) is 0. The maximum Gasteiger partial charge on any atom is 0.209 e. The van der Waals surface area contributed by atoms with Crippen molar-refractivity contribution in [1.82, 2.24) is 0 Å². The van der Waals surface area contributed by atoms with Crippen molar-refractivity contribution in [2.45, 2.75) is 72.1 Å². The molecular weight excluding hydrogens is 466 g/mol. The Labute approximate surface area is 228 Å². The third kappa shape index (κ3) is 3.92. The van der Waals surface area contributed by atoms with Crippen LogP contribution >= 0.6 is 0 Å². The van der Waals surface area contributed by atoms with Gasteiger partial charge in [0.2, 0.25) is 5.69 Å². The van der Waals surface area contributed by atoms with Crippen LogP contribution in [0, 0.1) is 0 Å². The smallest absolute Gasteiger partial charge is 0.209 e. The number of likely N-dealkylation sites (N-methyl/N-ethyl adjacent to an activating group) is 1. The second-order valence-corrected chi connectivity index (χ2v) is 11.7. The van der Waals surface area contributed by atoms with Crippen molar-refractivity contribution in [2.75, 3.05) is 19.6 Å². The molecule has 2 aromatic rings. The predicted octanol–water partition coefficient (Wildman–Crippen LogP) is 5.29. The highest BCUT2D eigenvalue weighted by Crippen LogP contribution is 2.43. The van der Waals surface area contributed by atoms with Gasteiger partial charge in [-0.2, -0.15) is 4.58 Å². The fraction of sp³-hybridized carbons (Fsp3) is 0.412. The molecule has 2 heterocycles. The lowest BCUT2D eigenvalue weighted by Gasteiger charge is -2.34. The molecule has 2 aromatic carbocycles. The highest BCUT2D eigenvalue weighted by Gasteiger charge is 2.47. The van der Waals surface area contributed by atoms with Gasteiger partial charge in [0.05, 0.1) is 23.1 Å². The molecule has 0 saturated carbocycles. The third-order valence-electron chi connectivity index (χ3n) is 8.74. The average Bonchev–Trinajstić information content (AvgIpc) is 3.27. The average molecular weight is 509 g/mol. The van der Waals surface area contributed by atoms with Gasteiger partial charge in [0.1, 0.15) is 17.9 Å². The van der Waals surface area contributed by atoms with Crippen LogP contribution in [0.5, 0.6) is 0 Å². The van der Waals surface area contributed by atoms with E-state index in [9.17, 15) is 5.11 Å². The maximum atomic E-state index is 13.9. The van der Waals surface area contributed by atoms with Gasteiger partial charge in [-0.25, -0.2) is 0 Å². The van der Waals surface area contributed by atoms with Crippen molar-refractivity contribution < 1.29 is 14.6 Å². The quantitative estimate of drug-likeness (QED) is 0.401. The van der Waals surface area contributed by atoms with Crippen LogP contribution in [-0.4, -0.2) is 35.6 Å². The van der Waals surface area contributed by atoms with Crippen molar-refractivity contribution in [3.8, 4) is 0 Å². The Balaban J connectivity index is 1.64. The number of rotatable bonds is 7. The van der Waals surface area contributed by atoms with E-state index < -0.39 is 0 Å². The number of allylic oxidation sites excluding steroid dienone is 5. The molecule has 198 valence electrons. The van der Waals surface area contributed by atoms with Crippen LogP contribution in [0.25, 0.3) is 0 Å². The van der Waals surface area contributed by atoms with Crippen LogP contribution in [0.3, 0.4) is 0 Å². The molecule has 1 unspecified atom stereocenters. The number of nitrogens with one attached hydrogen (secondary N) is 1. The molecule has 38 heavy (non-hydrogen) atoms. The summed E-state index contributed by atoms with van der Waals surface area (Å²) in [5.41, 5.74) is 9.72. The van der Waals surface area contributed by atoms with E-state index in [-0.39, 0.29) is 16.6 Å². The highest BCUT2D eigenvalue weighted by atomic mass is 16.3. The topological polar surface area (TPSA) is 42.9 Å². The number of hydrogen-bond donors (Lipinski definition) is 1.